The van der Waals surface area contributed by atoms with Crippen LogP contribution in [0.15, 0.2) is 25.3 Å². The van der Waals surface area contributed by atoms with Crippen LogP contribution in [0.4, 0.5) is 11.6 Å². The molecule has 0 saturated carbocycles. The Hall–Kier alpha value is -3.23. The Morgan fingerprint density at radius 1 is 0.784 bits per heavy atom. The minimum Gasteiger partial charge on any atom is -0.396 e. The van der Waals surface area contributed by atoms with E-state index in [1.807, 2.05) is 0 Å². The molecule has 0 amide bonds. The summed E-state index contributed by atoms with van der Waals surface area (Å²) in [5.41, 5.74) is 13.8. The van der Waals surface area contributed by atoms with Crippen LogP contribution in [0.5, 0.6) is 0 Å². The largest absolute Gasteiger partial charge is 0.396 e. The van der Waals surface area contributed by atoms with Gasteiger partial charge in [0.15, 0.2) is 22.9 Å². The molecule has 0 saturated heterocycles. The number of aromatic nitrogens is 8. The molecule has 0 aliphatic carbocycles. The molecule has 15 nitrogen and oxygen atoms in total. The number of rotatable bonds is 14. The number of nitrogens with two attached hydrogens (primary N) is 2. The minimum absolute atomic E-state index is 0.0586. The van der Waals surface area contributed by atoms with Gasteiger partial charge in [0.25, 0.3) is 0 Å². The summed E-state index contributed by atoms with van der Waals surface area (Å²) < 4.78 is 27.8. The summed E-state index contributed by atoms with van der Waals surface area (Å²) in [6.07, 6.45) is 7.62. The second kappa shape index (κ2) is 11.9. The van der Waals surface area contributed by atoms with Gasteiger partial charge in [-0.2, -0.15) is 0 Å². The Morgan fingerprint density at radius 2 is 1.22 bits per heavy atom. The summed E-state index contributed by atoms with van der Waals surface area (Å²) in [6, 6.07) is -0.413. The van der Waals surface area contributed by atoms with Crippen LogP contribution in [0, 0.1) is 0 Å². The third-order valence-electron chi connectivity index (χ3n) is 6.04. The van der Waals surface area contributed by atoms with E-state index in [0.29, 0.717) is 48.0 Å². The third kappa shape index (κ3) is 6.19. The first kappa shape index (κ1) is 26.8. The van der Waals surface area contributed by atoms with Gasteiger partial charge in [0, 0.05) is 32.0 Å². The van der Waals surface area contributed by atoms with Gasteiger partial charge in [0.2, 0.25) is 0 Å². The highest BCUT2D eigenvalue weighted by Gasteiger charge is 2.22. The summed E-state index contributed by atoms with van der Waals surface area (Å²) in [5, 5.41) is 19.1. The first-order chi connectivity index (χ1) is 17.8. The van der Waals surface area contributed by atoms with E-state index in [2.05, 4.69) is 29.9 Å². The summed E-state index contributed by atoms with van der Waals surface area (Å²) >= 11 is 0. The van der Waals surface area contributed by atoms with Crippen molar-refractivity contribution >= 4 is 41.6 Å². The molecule has 200 valence electrons. The number of imidazole rings is 2. The topological polar surface area (TPSA) is 215 Å². The second-order valence-corrected chi connectivity index (χ2v) is 10.6. The highest BCUT2D eigenvalue weighted by atomic mass is 31.2. The number of fused-ring (bicyclic) bond motifs is 2. The van der Waals surface area contributed by atoms with Gasteiger partial charge in [0.05, 0.1) is 25.9 Å². The summed E-state index contributed by atoms with van der Waals surface area (Å²) in [5.74, 6) is 0.543. The van der Waals surface area contributed by atoms with Crippen molar-refractivity contribution in [3.63, 3.8) is 0 Å². The molecule has 16 heteroatoms. The van der Waals surface area contributed by atoms with E-state index < -0.39 is 7.60 Å². The molecule has 4 aromatic rings. The van der Waals surface area contributed by atoms with Crippen molar-refractivity contribution in [2.24, 2.45) is 0 Å². The number of hydrogen-bond donors (Lipinski definition) is 4. The van der Waals surface area contributed by atoms with Crippen molar-refractivity contribution in [2.75, 3.05) is 44.6 Å². The van der Waals surface area contributed by atoms with Gasteiger partial charge >= 0.3 is 7.60 Å². The number of aliphatic hydroxyl groups is 2. The lowest BCUT2D eigenvalue weighted by Gasteiger charge is -2.21. The maximum absolute atomic E-state index is 12.9. The third-order valence-corrected chi connectivity index (χ3v) is 7.34. The molecule has 0 bridgehead atoms. The molecule has 0 radical (unpaired) electrons. The first-order valence-corrected chi connectivity index (χ1v) is 13.8. The monoisotopic (exact) mass is 534 g/mol. The van der Waals surface area contributed by atoms with Crippen LogP contribution in [0.25, 0.3) is 22.3 Å². The fraction of sp³-hybridized carbons (Fsp3) is 0.524. The molecule has 2 unspecified atom stereocenters. The van der Waals surface area contributed by atoms with E-state index in [9.17, 15) is 14.8 Å². The average Bonchev–Trinajstić information content (AvgIpc) is 3.49. The number of anilines is 2. The van der Waals surface area contributed by atoms with Crippen molar-refractivity contribution in [1.29, 1.82) is 0 Å². The fourth-order valence-corrected chi connectivity index (χ4v) is 5.11. The molecular weight excluding hydrogens is 503 g/mol. The molecule has 37 heavy (non-hydrogen) atoms. The molecule has 0 aliphatic rings. The van der Waals surface area contributed by atoms with E-state index in [-0.39, 0.29) is 50.1 Å². The zero-order valence-electron chi connectivity index (χ0n) is 20.4. The predicted octanol–water partition coefficient (Wildman–Crippen LogP) is 1.31. The zero-order chi connectivity index (χ0) is 26.4. The molecule has 4 aromatic heterocycles. The van der Waals surface area contributed by atoms with Crippen LogP contribution in [0.1, 0.15) is 37.8 Å². The van der Waals surface area contributed by atoms with Gasteiger partial charge in [-0.1, -0.05) is 0 Å². The van der Waals surface area contributed by atoms with E-state index in [1.54, 1.807) is 21.8 Å². The van der Waals surface area contributed by atoms with E-state index in [0.717, 1.165) is 0 Å². The molecule has 0 fully saturated rings. The summed E-state index contributed by atoms with van der Waals surface area (Å²) in [7, 11) is -3.37. The van der Waals surface area contributed by atoms with Crippen LogP contribution in [-0.2, 0) is 13.6 Å². The maximum Gasteiger partial charge on any atom is 0.327 e. The Labute approximate surface area is 212 Å². The highest BCUT2D eigenvalue weighted by Crippen LogP contribution is 2.45. The zero-order valence-corrected chi connectivity index (χ0v) is 21.3. The predicted molar refractivity (Wildman–Crippen MR) is 136 cm³/mol. The van der Waals surface area contributed by atoms with Gasteiger partial charge in [-0.15, -0.1) is 0 Å². The van der Waals surface area contributed by atoms with Gasteiger partial charge in [-0.05, 0) is 25.7 Å². The quantitative estimate of drug-likeness (QED) is 0.168. The van der Waals surface area contributed by atoms with Crippen LogP contribution < -0.4 is 11.5 Å². The van der Waals surface area contributed by atoms with Crippen molar-refractivity contribution in [3.05, 3.63) is 25.3 Å². The lowest BCUT2D eigenvalue weighted by atomic mass is 10.1. The summed E-state index contributed by atoms with van der Waals surface area (Å²) in [4.78, 5) is 24.9. The molecule has 2 atom stereocenters. The van der Waals surface area contributed by atoms with Crippen LogP contribution in [0.3, 0.4) is 0 Å². The molecule has 0 spiro atoms. The minimum atomic E-state index is -3.37. The van der Waals surface area contributed by atoms with Crippen LogP contribution in [-0.4, -0.2) is 82.3 Å². The second-order valence-electron chi connectivity index (χ2n) is 8.51. The fourth-order valence-electron chi connectivity index (χ4n) is 4.16. The van der Waals surface area contributed by atoms with E-state index in [1.165, 1.54) is 19.3 Å². The van der Waals surface area contributed by atoms with Crippen molar-refractivity contribution in [3.8, 4) is 0 Å². The smallest absolute Gasteiger partial charge is 0.327 e. The Balaban J connectivity index is 1.33. The SMILES string of the molecule is CP(=O)(OCCC(CCO)n1cnc2c(N)ncnc21)OCCC(CCO)n1cnc2c(N)ncnc21. The summed E-state index contributed by atoms with van der Waals surface area (Å²) in [6.45, 7) is 1.55. The highest BCUT2D eigenvalue weighted by molar-refractivity contribution is 7.52. The molecule has 4 rings (SSSR count). The standard InChI is InChI=1S/C21H31N10O5P/c1-37(34,35-8-4-14(2-6-32)30-12-28-16-18(22)24-10-26-20(16)30)36-9-5-15(3-7-33)31-13-29-17-19(23)25-11-27-21(17)31/h10-15,32-33H,2-9H2,1H3,(H2,22,24,26)(H2,23,25,27). The molecule has 0 aromatic carbocycles. The van der Waals surface area contributed by atoms with Gasteiger partial charge < -0.3 is 39.9 Å². The Morgan fingerprint density at radius 3 is 1.62 bits per heavy atom. The van der Waals surface area contributed by atoms with Gasteiger partial charge in [-0.3, -0.25) is 4.57 Å². The molecule has 4 heterocycles. The maximum atomic E-state index is 12.9. The number of hydrogen-bond acceptors (Lipinski definition) is 13. The van der Waals surface area contributed by atoms with E-state index >= 15 is 0 Å². The average molecular weight is 535 g/mol. The first-order valence-electron chi connectivity index (χ1n) is 11.8. The number of nitrogen functional groups attached to an aromatic ring is 2. The van der Waals surface area contributed by atoms with Gasteiger partial charge in [0.1, 0.15) is 23.7 Å². The Kier molecular flexibility index (Phi) is 8.61. The van der Waals surface area contributed by atoms with Crippen LogP contribution >= 0.6 is 7.60 Å². The lowest BCUT2D eigenvalue weighted by Crippen LogP contribution is -2.14. The lowest BCUT2D eigenvalue weighted by molar-refractivity contribution is 0.176. The van der Waals surface area contributed by atoms with Crippen molar-refractivity contribution < 1.29 is 23.8 Å². The normalized spacial score (nSPS) is 15.2. The number of nitrogens with zero attached hydrogens (tertiary/aromatic N) is 8. The number of aliphatic hydroxyl groups excluding tert-OH is 2. The van der Waals surface area contributed by atoms with Gasteiger partial charge in [-0.25, -0.2) is 29.9 Å². The molecular formula is C21H31N10O5P. The van der Waals surface area contributed by atoms with Crippen molar-refractivity contribution in [1.82, 2.24) is 39.0 Å². The van der Waals surface area contributed by atoms with E-state index in [4.69, 9.17) is 20.5 Å². The molecule has 6 N–H and O–H groups in total. The Bertz CT molecular complexity index is 1280. The van der Waals surface area contributed by atoms with Crippen LogP contribution in [0.2, 0.25) is 0 Å². The molecule has 0 aliphatic heterocycles. The van der Waals surface area contributed by atoms with Crippen molar-refractivity contribution in [2.45, 2.75) is 37.8 Å².